The highest BCUT2D eigenvalue weighted by molar-refractivity contribution is 7.90. The summed E-state index contributed by atoms with van der Waals surface area (Å²) in [5.41, 5.74) is -0.124. The molecule has 1 rings (SSSR count). The summed E-state index contributed by atoms with van der Waals surface area (Å²) in [6.45, 7) is 1.46. The Balaban J connectivity index is 3.51. The standard InChI is InChI=1S/C10H11FO4S/c1-6-4-8(11)7(10(12)15-2)5-9(6)16(3,13)14/h4-5H,1-3H3. The molecule has 4 nitrogen and oxygen atoms in total. The fraction of sp³-hybridized carbons (Fsp3) is 0.300. The van der Waals surface area contributed by atoms with Crippen LogP contribution in [0.15, 0.2) is 17.0 Å². The largest absolute Gasteiger partial charge is 0.465 e. The number of halogens is 1. The first-order chi connectivity index (χ1) is 7.27. The molecule has 16 heavy (non-hydrogen) atoms. The molecule has 0 bridgehead atoms. The van der Waals surface area contributed by atoms with Crippen LogP contribution in [0, 0.1) is 12.7 Å². The zero-order valence-corrected chi connectivity index (χ0v) is 9.89. The lowest BCUT2D eigenvalue weighted by molar-refractivity contribution is 0.0595. The van der Waals surface area contributed by atoms with Gasteiger partial charge in [0.1, 0.15) is 5.82 Å². The van der Waals surface area contributed by atoms with Crippen LogP contribution in [0.2, 0.25) is 0 Å². The summed E-state index contributed by atoms with van der Waals surface area (Å²) in [6, 6.07) is 1.99. The topological polar surface area (TPSA) is 60.4 Å². The number of carbonyl (C=O) groups excluding carboxylic acids is 1. The monoisotopic (exact) mass is 246 g/mol. The first-order valence-corrected chi connectivity index (χ1v) is 6.25. The van der Waals surface area contributed by atoms with Crippen LogP contribution in [-0.2, 0) is 14.6 Å². The Bertz CT molecular complexity index is 534. The Kier molecular flexibility index (Phi) is 3.32. The van der Waals surface area contributed by atoms with Crippen LogP contribution in [0.3, 0.4) is 0 Å². The molecule has 0 aliphatic carbocycles. The molecule has 0 spiro atoms. The molecule has 0 unspecified atom stereocenters. The van der Waals surface area contributed by atoms with Gasteiger partial charge in [-0.2, -0.15) is 0 Å². The second-order valence-corrected chi connectivity index (χ2v) is 5.35. The minimum atomic E-state index is -3.49. The van der Waals surface area contributed by atoms with Gasteiger partial charge in [-0.1, -0.05) is 0 Å². The number of rotatable bonds is 2. The van der Waals surface area contributed by atoms with Gasteiger partial charge in [0.2, 0.25) is 0 Å². The van der Waals surface area contributed by atoms with E-state index >= 15 is 0 Å². The second kappa shape index (κ2) is 4.21. The minimum absolute atomic E-state index is 0.0747. The number of carbonyl (C=O) groups is 1. The summed E-state index contributed by atoms with van der Waals surface area (Å²) < 4.78 is 40.4. The maximum Gasteiger partial charge on any atom is 0.340 e. The van der Waals surface area contributed by atoms with Crippen molar-refractivity contribution in [1.29, 1.82) is 0 Å². The molecule has 0 heterocycles. The molecular weight excluding hydrogens is 235 g/mol. The van der Waals surface area contributed by atoms with E-state index in [1.807, 2.05) is 0 Å². The van der Waals surface area contributed by atoms with Crippen molar-refractivity contribution >= 4 is 15.8 Å². The number of methoxy groups -OCH3 is 1. The van der Waals surface area contributed by atoms with Gasteiger partial charge >= 0.3 is 5.97 Å². The summed E-state index contributed by atoms with van der Waals surface area (Å²) in [6.07, 6.45) is 0.994. The van der Waals surface area contributed by atoms with E-state index in [1.54, 1.807) is 0 Å². The maximum atomic E-state index is 13.4. The molecule has 0 aliphatic rings. The molecule has 0 amide bonds. The van der Waals surface area contributed by atoms with Gasteiger partial charge in [-0.05, 0) is 24.6 Å². The summed E-state index contributed by atoms with van der Waals surface area (Å²) in [5.74, 6) is -1.70. The first kappa shape index (κ1) is 12.6. The van der Waals surface area contributed by atoms with Crippen molar-refractivity contribution in [1.82, 2.24) is 0 Å². The van der Waals surface area contributed by atoms with E-state index in [4.69, 9.17) is 0 Å². The van der Waals surface area contributed by atoms with Crippen molar-refractivity contribution in [2.75, 3.05) is 13.4 Å². The SMILES string of the molecule is COC(=O)c1cc(S(C)(=O)=O)c(C)cc1F. The molecular formula is C10H11FO4S. The Morgan fingerprint density at radius 1 is 1.38 bits per heavy atom. The second-order valence-electron chi connectivity index (χ2n) is 3.36. The molecule has 0 aliphatic heterocycles. The van der Waals surface area contributed by atoms with Crippen molar-refractivity contribution in [3.63, 3.8) is 0 Å². The van der Waals surface area contributed by atoms with Gasteiger partial charge in [-0.15, -0.1) is 0 Å². The smallest absolute Gasteiger partial charge is 0.340 e. The van der Waals surface area contributed by atoms with Gasteiger partial charge in [-0.3, -0.25) is 0 Å². The van der Waals surface area contributed by atoms with Gasteiger partial charge < -0.3 is 4.74 Å². The maximum absolute atomic E-state index is 13.4. The third kappa shape index (κ3) is 2.38. The third-order valence-electron chi connectivity index (χ3n) is 2.07. The molecule has 0 fully saturated rings. The average Bonchev–Trinajstić information content (AvgIpc) is 2.14. The lowest BCUT2D eigenvalue weighted by Crippen LogP contribution is -2.09. The zero-order chi connectivity index (χ0) is 12.5. The quantitative estimate of drug-likeness (QED) is 0.583. The van der Waals surface area contributed by atoms with E-state index < -0.39 is 21.6 Å². The Hall–Kier alpha value is -1.43. The third-order valence-corrected chi connectivity index (χ3v) is 3.31. The van der Waals surface area contributed by atoms with Gasteiger partial charge in [0.05, 0.1) is 17.6 Å². The molecule has 0 N–H and O–H groups in total. The fourth-order valence-electron chi connectivity index (χ4n) is 1.32. The number of aryl methyl sites for hydroxylation is 1. The minimum Gasteiger partial charge on any atom is -0.465 e. The first-order valence-electron chi connectivity index (χ1n) is 4.36. The summed E-state index contributed by atoms with van der Waals surface area (Å²) >= 11 is 0. The lowest BCUT2D eigenvalue weighted by Gasteiger charge is -2.07. The normalized spacial score (nSPS) is 11.2. The number of sulfone groups is 1. The summed E-state index contributed by atoms with van der Waals surface area (Å²) in [4.78, 5) is 11.1. The molecule has 0 saturated carbocycles. The van der Waals surface area contributed by atoms with Crippen molar-refractivity contribution < 1.29 is 22.3 Å². The van der Waals surface area contributed by atoms with Gasteiger partial charge in [-0.25, -0.2) is 17.6 Å². The van der Waals surface area contributed by atoms with Crippen LogP contribution in [0.1, 0.15) is 15.9 Å². The van der Waals surface area contributed by atoms with E-state index in [-0.39, 0.29) is 16.0 Å². The Labute approximate surface area is 93.0 Å². The molecule has 0 saturated heterocycles. The van der Waals surface area contributed by atoms with Crippen LogP contribution in [0.5, 0.6) is 0 Å². The van der Waals surface area contributed by atoms with Crippen molar-refractivity contribution in [3.05, 3.63) is 29.1 Å². The highest BCUT2D eigenvalue weighted by Crippen LogP contribution is 2.20. The molecule has 0 aromatic heterocycles. The van der Waals surface area contributed by atoms with Crippen LogP contribution in [0.25, 0.3) is 0 Å². The molecule has 0 radical (unpaired) electrons. The van der Waals surface area contributed by atoms with Crippen LogP contribution in [-0.4, -0.2) is 27.8 Å². The number of benzene rings is 1. The van der Waals surface area contributed by atoms with Crippen LogP contribution >= 0.6 is 0 Å². The Morgan fingerprint density at radius 3 is 2.38 bits per heavy atom. The summed E-state index contributed by atoms with van der Waals surface area (Å²) in [7, 11) is -2.39. The molecule has 1 aromatic rings. The average molecular weight is 246 g/mol. The van der Waals surface area contributed by atoms with Gasteiger partial charge in [0.15, 0.2) is 9.84 Å². The van der Waals surface area contributed by atoms with Crippen molar-refractivity contribution in [3.8, 4) is 0 Å². The van der Waals surface area contributed by atoms with Crippen molar-refractivity contribution in [2.24, 2.45) is 0 Å². The summed E-state index contributed by atoms with van der Waals surface area (Å²) in [5, 5.41) is 0. The number of hydrogen-bond acceptors (Lipinski definition) is 4. The van der Waals surface area contributed by atoms with Crippen LogP contribution in [0.4, 0.5) is 4.39 Å². The van der Waals surface area contributed by atoms with E-state index in [0.717, 1.165) is 25.5 Å². The lowest BCUT2D eigenvalue weighted by atomic mass is 10.1. The van der Waals surface area contributed by atoms with Gasteiger partial charge in [0, 0.05) is 6.26 Å². The predicted octanol–water partition coefficient (Wildman–Crippen LogP) is 1.32. The molecule has 88 valence electrons. The van der Waals surface area contributed by atoms with E-state index in [2.05, 4.69) is 4.74 Å². The molecule has 1 aromatic carbocycles. The van der Waals surface area contributed by atoms with E-state index in [9.17, 15) is 17.6 Å². The highest BCUT2D eigenvalue weighted by Gasteiger charge is 2.19. The van der Waals surface area contributed by atoms with Crippen molar-refractivity contribution in [2.45, 2.75) is 11.8 Å². The zero-order valence-electron chi connectivity index (χ0n) is 9.07. The molecule has 6 heteroatoms. The highest BCUT2D eigenvalue weighted by atomic mass is 32.2. The predicted molar refractivity (Wildman–Crippen MR) is 55.6 cm³/mol. The number of esters is 1. The fourth-order valence-corrected chi connectivity index (χ4v) is 2.29. The number of ether oxygens (including phenoxy) is 1. The number of hydrogen-bond donors (Lipinski definition) is 0. The molecule has 0 atom stereocenters. The Morgan fingerprint density at radius 2 is 1.94 bits per heavy atom. The van der Waals surface area contributed by atoms with E-state index in [1.165, 1.54) is 6.92 Å². The van der Waals surface area contributed by atoms with E-state index in [0.29, 0.717) is 0 Å². The van der Waals surface area contributed by atoms with Crippen LogP contribution < -0.4 is 0 Å². The van der Waals surface area contributed by atoms with Gasteiger partial charge in [0.25, 0.3) is 0 Å².